The van der Waals surface area contributed by atoms with E-state index in [-0.39, 0.29) is 5.92 Å². The molecule has 1 aromatic carbocycles. The van der Waals surface area contributed by atoms with E-state index in [1.807, 2.05) is 30.3 Å². The fourth-order valence-corrected chi connectivity index (χ4v) is 2.75. The maximum Gasteiger partial charge on any atom is 0.0837 e. The fourth-order valence-electron chi connectivity index (χ4n) is 2.75. The van der Waals surface area contributed by atoms with E-state index in [2.05, 4.69) is 11.4 Å². The summed E-state index contributed by atoms with van der Waals surface area (Å²) in [4.78, 5) is 0. The van der Waals surface area contributed by atoms with Gasteiger partial charge in [-0.3, -0.25) is 0 Å². The van der Waals surface area contributed by atoms with Crippen LogP contribution >= 0.6 is 0 Å². The predicted octanol–water partition coefficient (Wildman–Crippen LogP) is 3.46. The molecule has 1 N–H and O–H groups in total. The molecule has 0 amide bonds. The van der Waals surface area contributed by atoms with Gasteiger partial charge in [-0.25, -0.2) is 0 Å². The van der Waals surface area contributed by atoms with Gasteiger partial charge >= 0.3 is 0 Å². The highest BCUT2D eigenvalue weighted by molar-refractivity contribution is 5.24. The molecule has 2 heteroatoms. The first-order chi connectivity index (χ1) is 8.90. The van der Waals surface area contributed by atoms with Gasteiger partial charge in [0.1, 0.15) is 0 Å². The van der Waals surface area contributed by atoms with Crippen LogP contribution in [0.4, 0.5) is 0 Å². The summed E-state index contributed by atoms with van der Waals surface area (Å²) >= 11 is 0. The zero-order chi connectivity index (χ0) is 12.6. The van der Waals surface area contributed by atoms with Gasteiger partial charge < -0.3 is 5.32 Å². The van der Waals surface area contributed by atoms with Gasteiger partial charge in [0.25, 0.3) is 0 Å². The lowest BCUT2D eigenvalue weighted by molar-refractivity contribution is 0.342. The molecular weight excluding hydrogens is 220 g/mol. The number of rotatable bonds is 5. The summed E-state index contributed by atoms with van der Waals surface area (Å²) in [5, 5.41) is 12.7. The molecule has 2 rings (SSSR count). The molecule has 1 aromatic rings. The summed E-state index contributed by atoms with van der Waals surface area (Å²) in [6.45, 7) is 1.85. The Morgan fingerprint density at radius 1 is 1.17 bits per heavy atom. The third-order valence-corrected chi connectivity index (χ3v) is 3.86. The van der Waals surface area contributed by atoms with E-state index in [0.29, 0.717) is 0 Å². The Balaban J connectivity index is 1.76. The van der Waals surface area contributed by atoms with Crippen molar-refractivity contribution in [1.82, 2.24) is 5.32 Å². The highest BCUT2D eigenvalue weighted by Crippen LogP contribution is 2.23. The second kappa shape index (κ2) is 7.18. The van der Waals surface area contributed by atoms with Crippen molar-refractivity contribution in [3.63, 3.8) is 0 Å². The van der Waals surface area contributed by atoms with E-state index in [4.69, 9.17) is 0 Å². The van der Waals surface area contributed by atoms with Gasteiger partial charge in [-0.1, -0.05) is 49.6 Å². The second-order valence-electron chi connectivity index (χ2n) is 5.25. The smallest absolute Gasteiger partial charge is 0.0837 e. The first-order valence-corrected chi connectivity index (χ1v) is 7.05. The van der Waals surface area contributed by atoms with Gasteiger partial charge in [0.15, 0.2) is 0 Å². The predicted molar refractivity (Wildman–Crippen MR) is 74.2 cm³/mol. The van der Waals surface area contributed by atoms with Crippen molar-refractivity contribution in [2.45, 2.75) is 38.0 Å². The number of nitriles is 1. The normalized spacial score (nSPS) is 18.2. The maximum absolute atomic E-state index is 9.23. The van der Waals surface area contributed by atoms with E-state index in [0.717, 1.165) is 24.6 Å². The van der Waals surface area contributed by atoms with Crippen molar-refractivity contribution in [3.8, 4) is 6.07 Å². The van der Waals surface area contributed by atoms with Gasteiger partial charge in [-0.05, 0) is 30.9 Å². The zero-order valence-electron chi connectivity index (χ0n) is 10.9. The average molecular weight is 242 g/mol. The molecule has 0 heterocycles. The van der Waals surface area contributed by atoms with E-state index >= 15 is 0 Å². The Morgan fingerprint density at radius 2 is 1.89 bits per heavy atom. The molecular formula is C16H22N2. The Kier molecular flexibility index (Phi) is 5.23. The Morgan fingerprint density at radius 3 is 2.56 bits per heavy atom. The van der Waals surface area contributed by atoms with Crippen LogP contribution in [0.5, 0.6) is 0 Å². The molecule has 96 valence electrons. The Bertz CT molecular complexity index is 374. The summed E-state index contributed by atoms with van der Waals surface area (Å²) < 4.78 is 0. The van der Waals surface area contributed by atoms with Crippen molar-refractivity contribution >= 4 is 0 Å². The number of hydrogen-bond donors (Lipinski definition) is 1. The van der Waals surface area contributed by atoms with Crippen LogP contribution in [0.15, 0.2) is 30.3 Å². The first-order valence-electron chi connectivity index (χ1n) is 7.05. The van der Waals surface area contributed by atoms with Crippen LogP contribution in [0, 0.1) is 17.2 Å². The molecule has 1 aliphatic rings. The molecule has 1 saturated carbocycles. The Hall–Kier alpha value is -1.33. The van der Waals surface area contributed by atoms with Crippen LogP contribution in [-0.4, -0.2) is 13.1 Å². The molecule has 0 bridgehead atoms. The summed E-state index contributed by atoms with van der Waals surface area (Å²) in [6.07, 6.45) is 6.88. The summed E-state index contributed by atoms with van der Waals surface area (Å²) in [6, 6.07) is 12.5. The number of nitrogens with zero attached hydrogens (tertiary/aromatic N) is 1. The lowest BCUT2D eigenvalue weighted by Crippen LogP contribution is -2.28. The highest BCUT2D eigenvalue weighted by atomic mass is 14.9. The minimum atomic E-state index is -0.0187. The van der Waals surface area contributed by atoms with Crippen LogP contribution in [0.1, 0.15) is 43.6 Å². The van der Waals surface area contributed by atoms with E-state index < -0.39 is 0 Å². The van der Waals surface area contributed by atoms with Gasteiger partial charge in [0.2, 0.25) is 0 Å². The SMILES string of the molecule is N#CC(CNCC1CCCCC1)c1ccccc1. The lowest BCUT2D eigenvalue weighted by atomic mass is 9.89. The van der Waals surface area contributed by atoms with Crippen LogP contribution in [0.2, 0.25) is 0 Å². The summed E-state index contributed by atoms with van der Waals surface area (Å²) in [7, 11) is 0. The van der Waals surface area contributed by atoms with Crippen molar-refractivity contribution in [2.24, 2.45) is 5.92 Å². The quantitative estimate of drug-likeness (QED) is 0.858. The molecule has 18 heavy (non-hydrogen) atoms. The second-order valence-corrected chi connectivity index (χ2v) is 5.25. The lowest BCUT2D eigenvalue weighted by Gasteiger charge is -2.22. The molecule has 1 aliphatic carbocycles. The average Bonchev–Trinajstić information content (AvgIpc) is 2.46. The Labute approximate surface area is 110 Å². The standard InChI is InChI=1S/C16H22N2/c17-11-16(15-9-5-2-6-10-15)13-18-12-14-7-3-1-4-8-14/h2,5-6,9-10,14,16,18H,1,3-4,7-8,12-13H2. The maximum atomic E-state index is 9.23. The van der Waals surface area contributed by atoms with Crippen molar-refractivity contribution < 1.29 is 0 Å². The summed E-state index contributed by atoms with van der Waals surface area (Å²) in [5.74, 6) is 0.809. The van der Waals surface area contributed by atoms with Crippen molar-refractivity contribution in [3.05, 3.63) is 35.9 Å². The molecule has 1 atom stereocenters. The van der Waals surface area contributed by atoms with Gasteiger partial charge in [-0.2, -0.15) is 5.26 Å². The van der Waals surface area contributed by atoms with E-state index in [9.17, 15) is 5.26 Å². The largest absolute Gasteiger partial charge is 0.315 e. The topological polar surface area (TPSA) is 35.8 Å². The highest BCUT2D eigenvalue weighted by Gasteiger charge is 2.14. The monoisotopic (exact) mass is 242 g/mol. The molecule has 1 unspecified atom stereocenters. The zero-order valence-corrected chi connectivity index (χ0v) is 10.9. The van der Waals surface area contributed by atoms with E-state index in [1.54, 1.807) is 0 Å². The molecule has 0 aliphatic heterocycles. The van der Waals surface area contributed by atoms with Crippen LogP contribution in [0.3, 0.4) is 0 Å². The molecule has 1 fully saturated rings. The summed E-state index contributed by atoms with van der Waals surface area (Å²) in [5.41, 5.74) is 1.12. The first kappa shape index (κ1) is 13.1. The third kappa shape index (κ3) is 3.85. The number of nitrogens with one attached hydrogen (secondary N) is 1. The molecule has 0 spiro atoms. The minimum Gasteiger partial charge on any atom is -0.315 e. The number of hydrogen-bond acceptors (Lipinski definition) is 2. The third-order valence-electron chi connectivity index (χ3n) is 3.86. The van der Waals surface area contributed by atoms with Crippen LogP contribution < -0.4 is 5.32 Å². The van der Waals surface area contributed by atoms with Crippen molar-refractivity contribution in [2.75, 3.05) is 13.1 Å². The molecule has 0 saturated heterocycles. The van der Waals surface area contributed by atoms with Crippen LogP contribution in [0.25, 0.3) is 0 Å². The van der Waals surface area contributed by atoms with Gasteiger partial charge in [0.05, 0.1) is 12.0 Å². The fraction of sp³-hybridized carbons (Fsp3) is 0.562. The van der Waals surface area contributed by atoms with E-state index in [1.165, 1.54) is 32.1 Å². The van der Waals surface area contributed by atoms with Gasteiger partial charge in [0, 0.05) is 6.54 Å². The molecule has 2 nitrogen and oxygen atoms in total. The van der Waals surface area contributed by atoms with Crippen LogP contribution in [-0.2, 0) is 0 Å². The number of benzene rings is 1. The van der Waals surface area contributed by atoms with Gasteiger partial charge in [-0.15, -0.1) is 0 Å². The van der Waals surface area contributed by atoms with Crippen molar-refractivity contribution in [1.29, 1.82) is 5.26 Å². The minimum absolute atomic E-state index is 0.0187. The molecule has 0 radical (unpaired) electrons. The molecule has 0 aromatic heterocycles.